The average molecular weight is 306 g/mol. The van der Waals surface area contributed by atoms with Crippen molar-refractivity contribution in [2.24, 2.45) is 5.92 Å². The molecule has 1 aliphatic heterocycles. The SMILES string of the molecule is CNCc1sccc1S(=O)(=O)NCC1CCSC1. The molecule has 0 spiro atoms. The number of thioether (sulfide) groups is 1. The fourth-order valence-electron chi connectivity index (χ4n) is 1.91. The Balaban J connectivity index is 2.02. The van der Waals surface area contributed by atoms with Crippen LogP contribution in [0.5, 0.6) is 0 Å². The number of hydrogen-bond acceptors (Lipinski definition) is 5. The van der Waals surface area contributed by atoms with Gasteiger partial charge in [-0.05, 0) is 42.3 Å². The van der Waals surface area contributed by atoms with Crippen LogP contribution < -0.4 is 10.0 Å². The van der Waals surface area contributed by atoms with Crippen molar-refractivity contribution >= 4 is 33.1 Å². The summed E-state index contributed by atoms with van der Waals surface area (Å²) in [5.74, 6) is 2.70. The number of nitrogens with one attached hydrogen (secondary N) is 2. The average Bonchev–Trinajstić information content (AvgIpc) is 2.97. The number of sulfonamides is 1. The second kappa shape index (κ2) is 6.38. The summed E-state index contributed by atoms with van der Waals surface area (Å²) in [6.45, 7) is 1.15. The van der Waals surface area contributed by atoms with Crippen molar-refractivity contribution in [3.8, 4) is 0 Å². The van der Waals surface area contributed by atoms with Crippen LogP contribution in [-0.2, 0) is 16.6 Å². The lowest BCUT2D eigenvalue weighted by atomic mass is 10.1. The van der Waals surface area contributed by atoms with Gasteiger partial charge in [0, 0.05) is 18.0 Å². The summed E-state index contributed by atoms with van der Waals surface area (Å²) < 4.78 is 27.2. The molecule has 0 aliphatic carbocycles. The van der Waals surface area contributed by atoms with Crippen molar-refractivity contribution in [2.45, 2.75) is 17.9 Å². The number of rotatable bonds is 6. The molecule has 1 aromatic rings. The predicted molar refractivity (Wildman–Crippen MR) is 77.7 cm³/mol. The quantitative estimate of drug-likeness (QED) is 0.836. The molecule has 1 aliphatic rings. The van der Waals surface area contributed by atoms with Gasteiger partial charge in [-0.3, -0.25) is 0 Å². The molecule has 18 heavy (non-hydrogen) atoms. The van der Waals surface area contributed by atoms with E-state index in [0.29, 0.717) is 23.9 Å². The van der Waals surface area contributed by atoms with Crippen molar-refractivity contribution in [1.82, 2.24) is 10.0 Å². The molecule has 0 saturated carbocycles. The molecule has 1 saturated heterocycles. The minimum atomic E-state index is -3.35. The Morgan fingerprint density at radius 3 is 3.00 bits per heavy atom. The Morgan fingerprint density at radius 2 is 2.33 bits per heavy atom. The molecule has 7 heteroatoms. The van der Waals surface area contributed by atoms with E-state index < -0.39 is 10.0 Å². The van der Waals surface area contributed by atoms with Crippen molar-refractivity contribution < 1.29 is 8.42 Å². The molecule has 1 fully saturated rings. The molecule has 1 unspecified atom stereocenters. The van der Waals surface area contributed by atoms with E-state index in [2.05, 4.69) is 10.0 Å². The van der Waals surface area contributed by atoms with Crippen LogP contribution in [-0.4, -0.2) is 33.5 Å². The third-order valence-corrected chi connectivity index (χ3v) is 6.71. The van der Waals surface area contributed by atoms with Crippen LogP contribution in [0.15, 0.2) is 16.3 Å². The molecular formula is C11H18N2O2S3. The zero-order valence-corrected chi connectivity index (χ0v) is 12.8. The molecule has 0 amide bonds. The fourth-order valence-corrected chi connectivity index (χ4v) is 5.76. The van der Waals surface area contributed by atoms with E-state index in [1.165, 1.54) is 11.3 Å². The van der Waals surface area contributed by atoms with Crippen LogP contribution in [0.1, 0.15) is 11.3 Å². The minimum Gasteiger partial charge on any atom is -0.315 e. The molecule has 0 radical (unpaired) electrons. The van der Waals surface area contributed by atoms with Crippen LogP contribution in [0.25, 0.3) is 0 Å². The van der Waals surface area contributed by atoms with E-state index in [1.807, 2.05) is 24.2 Å². The van der Waals surface area contributed by atoms with E-state index in [4.69, 9.17) is 0 Å². The van der Waals surface area contributed by atoms with Crippen molar-refractivity contribution in [2.75, 3.05) is 25.1 Å². The fraction of sp³-hybridized carbons (Fsp3) is 0.636. The molecule has 2 N–H and O–H groups in total. The Kier molecular flexibility index (Phi) is 5.08. The highest BCUT2D eigenvalue weighted by Crippen LogP contribution is 2.24. The summed E-state index contributed by atoms with van der Waals surface area (Å²) in [7, 11) is -1.53. The maximum Gasteiger partial charge on any atom is 0.241 e. The molecular weight excluding hydrogens is 288 g/mol. The predicted octanol–water partition coefficient (Wildman–Crippen LogP) is 1.50. The summed E-state index contributed by atoms with van der Waals surface area (Å²) >= 11 is 3.37. The van der Waals surface area contributed by atoms with Gasteiger partial charge in [0.1, 0.15) is 0 Å². The summed E-state index contributed by atoms with van der Waals surface area (Å²) in [5.41, 5.74) is 0. The minimum absolute atomic E-state index is 0.424. The third-order valence-electron chi connectivity index (χ3n) is 2.92. The molecule has 4 nitrogen and oxygen atoms in total. The zero-order chi connectivity index (χ0) is 13.0. The first-order chi connectivity index (χ1) is 8.63. The van der Waals surface area contributed by atoms with Gasteiger partial charge in [-0.2, -0.15) is 11.8 Å². The summed E-state index contributed by atoms with van der Waals surface area (Å²) in [4.78, 5) is 1.29. The van der Waals surface area contributed by atoms with Gasteiger partial charge in [0.25, 0.3) is 0 Å². The summed E-state index contributed by atoms with van der Waals surface area (Å²) in [6, 6.07) is 1.68. The summed E-state index contributed by atoms with van der Waals surface area (Å²) in [5, 5.41) is 4.82. The number of thiophene rings is 1. The molecule has 2 rings (SSSR count). The van der Waals surface area contributed by atoms with Gasteiger partial charge >= 0.3 is 0 Å². The van der Waals surface area contributed by atoms with Gasteiger partial charge in [0.2, 0.25) is 10.0 Å². The first kappa shape index (κ1) is 14.3. The second-order valence-electron chi connectivity index (χ2n) is 4.32. The topological polar surface area (TPSA) is 58.2 Å². The molecule has 1 aromatic heterocycles. The standard InChI is InChI=1S/C11H18N2O2S3/c1-12-7-10-11(3-5-17-10)18(14,15)13-6-9-2-4-16-8-9/h3,5,9,12-13H,2,4,6-8H2,1H3. The number of hydrogen-bond donors (Lipinski definition) is 2. The highest BCUT2D eigenvalue weighted by molar-refractivity contribution is 7.99. The maximum absolute atomic E-state index is 12.2. The van der Waals surface area contributed by atoms with Gasteiger partial charge in [-0.1, -0.05) is 0 Å². The molecule has 2 heterocycles. The highest BCUT2D eigenvalue weighted by Gasteiger charge is 2.22. The lowest BCUT2D eigenvalue weighted by Crippen LogP contribution is -2.30. The third kappa shape index (κ3) is 3.48. The monoisotopic (exact) mass is 306 g/mol. The lowest BCUT2D eigenvalue weighted by molar-refractivity contribution is 0.545. The highest BCUT2D eigenvalue weighted by atomic mass is 32.2. The zero-order valence-electron chi connectivity index (χ0n) is 10.3. The Labute approximate surface area is 117 Å². The van der Waals surface area contributed by atoms with Gasteiger partial charge in [-0.15, -0.1) is 11.3 Å². The van der Waals surface area contributed by atoms with Crippen LogP contribution in [0.2, 0.25) is 0 Å². The second-order valence-corrected chi connectivity index (χ2v) is 8.21. The van der Waals surface area contributed by atoms with E-state index >= 15 is 0 Å². The van der Waals surface area contributed by atoms with Crippen LogP contribution in [0.4, 0.5) is 0 Å². The van der Waals surface area contributed by atoms with Gasteiger partial charge in [0.15, 0.2) is 0 Å². The lowest BCUT2D eigenvalue weighted by Gasteiger charge is -2.11. The van der Waals surface area contributed by atoms with Crippen LogP contribution in [0, 0.1) is 5.92 Å². The summed E-state index contributed by atoms with van der Waals surface area (Å²) in [6.07, 6.45) is 1.11. The normalized spacial score (nSPS) is 20.4. The van der Waals surface area contributed by atoms with E-state index in [-0.39, 0.29) is 0 Å². The maximum atomic E-state index is 12.2. The van der Waals surface area contributed by atoms with E-state index in [1.54, 1.807) is 6.07 Å². The largest absolute Gasteiger partial charge is 0.315 e. The van der Waals surface area contributed by atoms with Crippen molar-refractivity contribution in [1.29, 1.82) is 0 Å². The molecule has 0 aromatic carbocycles. The smallest absolute Gasteiger partial charge is 0.241 e. The van der Waals surface area contributed by atoms with Gasteiger partial charge in [-0.25, -0.2) is 13.1 Å². The Bertz CT molecular complexity index is 478. The molecule has 0 bridgehead atoms. The molecule has 1 atom stereocenters. The Hall–Kier alpha value is -0.0800. The first-order valence-electron chi connectivity index (χ1n) is 5.92. The van der Waals surface area contributed by atoms with Crippen molar-refractivity contribution in [3.63, 3.8) is 0 Å². The Morgan fingerprint density at radius 1 is 1.50 bits per heavy atom. The van der Waals surface area contributed by atoms with Crippen LogP contribution in [0.3, 0.4) is 0 Å². The van der Waals surface area contributed by atoms with E-state index in [0.717, 1.165) is 22.8 Å². The van der Waals surface area contributed by atoms with E-state index in [9.17, 15) is 8.42 Å². The van der Waals surface area contributed by atoms with Crippen LogP contribution >= 0.6 is 23.1 Å². The molecule has 102 valence electrons. The van der Waals surface area contributed by atoms with Gasteiger partial charge < -0.3 is 5.32 Å². The van der Waals surface area contributed by atoms with Crippen molar-refractivity contribution in [3.05, 3.63) is 16.3 Å². The van der Waals surface area contributed by atoms with Gasteiger partial charge in [0.05, 0.1) is 4.90 Å². The first-order valence-corrected chi connectivity index (χ1v) is 9.43.